The van der Waals surface area contributed by atoms with Crippen LogP contribution in [0.3, 0.4) is 0 Å². The van der Waals surface area contributed by atoms with Crippen molar-refractivity contribution in [2.45, 2.75) is 52.0 Å². The summed E-state index contributed by atoms with van der Waals surface area (Å²) < 4.78 is 56.2. The van der Waals surface area contributed by atoms with Gasteiger partial charge >= 0.3 is 6.36 Å². The number of hydrogen-bond donors (Lipinski definition) is 1. The van der Waals surface area contributed by atoms with Crippen LogP contribution in [0.25, 0.3) is 11.1 Å². The second-order valence-electron chi connectivity index (χ2n) is 7.70. The van der Waals surface area contributed by atoms with E-state index in [-0.39, 0.29) is 23.5 Å². The van der Waals surface area contributed by atoms with Gasteiger partial charge in [0.25, 0.3) is 0 Å². The molecule has 1 fully saturated rings. The highest BCUT2D eigenvalue weighted by atomic mass is 19.4. The summed E-state index contributed by atoms with van der Waals surface area (Å²) in [5.74, 6) is -0.939. The van der Waals surface area contributed by atoms with Crippen molar-refractivity contribution in [2.75, 3.05) is 0 Å². The maximum absolute atomic E-state index is 14.5. The van der Waals surface area contributed by atoms with E-state index in [4.69, 9.17) is 0 Å². The van der Waals surface area contributed by atoms with Crippen LogP contribution in [0.2, 0.25) is 0 Å². The molecule has 2 nitrogen and oxygen atoms in total. The topological polar surface area (TPSA) is 29.5 Å². The molecule has 1 aliphatic carbocycles. The number of rotatable bonds is 4. The number of benzene rings is 2. The van der Waals surface area contributed by atoms with E-state index in [1.165, 1.54) is 0 Å². The third-order valence-corrected chi connectivity index (χ3v) is 5.39. The molecular weight excluding hydrogens is 360 g/mol. The minimum absolute atomic E-state index is 0.0145. The van der Waals surface area contributed by atoms with Gasteiger partial charge in [-0.2, -0.15) is 0 Å². The highest BCUT2D eigenvalue weighted by Crippen LogP contribution is 2.51. The molecule has 0 aliphatic heterocycles. The molecule has 1 atom stereocenters. The van der Waals surface area contributed by atoms with E-state index < -0.39 is 17.9 Å². The first-order valence-corrected chi connectivity index (χ1v) is 8.90. The third kappa shape index (κ3) is 4.26. The average molecular weight is 382 g/mol. The van der Waals surface area contributed by atoms with Crippen molar-refractivity contribution in [3.8, 4) is 16.9 Å². The van der Waals surface area contributed by atoms with Crippen molar-refractivity contribution in [3.05, 3.63) is 53.3 Å². The van der Waals surface area contributed by atoms with Gasteiger partial charge in [0, 0.05) is 5.56 Å². The SMILES string of the molecule is CC1(C)CCC[C@@H]1c1cc(CO)ccc1-c1cc(OC(F)(F)F)ccc1F. The second-order valence-corrected chi connectivity index (χ2v) is 7.70. The summed E-state index contributed by atoms with van der Waals surface area (Å²) in [5, 5.41) is 9.50. The van der Waals surface area contributed by atoms with E-state index in [9.17, 15) is 22.7 Å². The van der Waals surface area contributed by atoms with E-state index in [0.29, 0.717) is 11.1 Å². The van der Waals surface area contributed by atoms with Crippen molar-refractivity contribution < 1.29 is 27.4 Å². The van der Waals surface area contributed by atoms with Crippen molar-refractivity contribution >= 4 is 0 Å². The molecule has 0 saturated heterocycles. The van der Waals surface area contributed by atoms with Crippen LogP contribution in [0.15, 0.2) is 36.4 Å². The second kappa shape index (κ2) is 7.15. The Morgan fingerprint density at radius 2 is 1.85 bits per heavy atom. The Morgan fingerprint density at radius 3 is 2.44 bits per heavy atom. The predicted molar refractivity (Wildman–Crippen MR) is 94.8 cm³/mol. The lowest BCUT2D eigenvalue weighted by molar-refractivity contribution is -0.274. The number of hydrogen-bond acceptors (Lipinski definition) is 2. The van der Waals surface area contributed by atoms with Crippen molar-refractivity contribution in [1.82, 2.24) is 0 Å². The Balaban J connectivity index is 2.13. The number of halogens is 4. The van der Waals surface area contributed by atoms with Crippen LogP contribution in [0.5, 0.6) is 5.75 Å². The van der Waals surface area contributed by atoms with Crippen LogP contribution >= 0.6 is 0 Å². The molecular formula is C21H22F4O2. The van der Waals surface area contributed by atoms with Crippen LogP contribution in [0.1, 0.15) is 50.2 Å². The highest BCUT2D eigenvalue weighted by Gasteiger charge is 2.37. The summed E-state index contributed by atoms with van der Waals surface area (Å²) in [5.41, 5.74) is 2.14. The Bertz CT molecular complexity index is 827. The molecule has 0 amide bonds. The first-order valence-electron chi connectivity index (χ1n) is 8.90. The van der Waals surface area contributed by atoms with Gasteiger partial charge in [0.1, 0.15) is 11.6 Å². The van der Waals surface area contributed by atoms with Crippen LogP contribution in [0, 0.1) is 11.2 Å². The van der Waals surface area contributed by atoms with Gasteiger partial charge in [-0.05, 0) is 59.1 Å². The summed E-state index contributed by atoms with van der Waals surface area (Å²) in [7, 11) is 0. The molecule has 1 saturated carbocycles. The quantitative estimate of drug-likeness (QED) is 0.640. The summed E-state index contributed by atoms with van der Waals surface area (Å²) in [6.45, 7) is 4.12. The van der Waals surface area contributed by atoms with Crippen molar-refractivity contribution in [2.24, 2.45) is 5.41 Å². The normalized spacial score (nSPS) is 19.3. The predicted octanol–water partition coefficient (Wildman–Crippen LogP) is 6.18. The monoisotopic (exact) mass is 382 g/mol. The summed E-state index contributed by atoms with van der Waals surface area (Å²) in [6.07, 6.45) is -1.89. The van der Waals surface area contributed by atoms with E-state index in [0.717, 1.165) is 43.0 Å². The van der Waals surface area contributed by atoms with Gasteiger partial charge in [0.15, 0.2) is 0 Å². The fourth-order valence-electron chi connectivity index (χ4n) is 4.06. The molecule has 0 aromatic heterocycles. The third-order valence-electron chi connectivity index (χ3n) is 5.39. The lowest BCUT2D eigenvalue weighted by Gasteiger charge is -2.30. The minimum Gasteiger partial charge on any atom is -0.406 e. The van der Waals surface area contributed by atoms with Crippen molar-refractivity contribution in [1.29, 1.82) is 0 Å². The molecule has 27 heavy (non-hydrogen) atoms. The van der Waals surface area contributed by atoms with Gasteiger partial charge in [0.2, 0.25) is 0 Å². The molecule has 0 bridgehead atoms. The van der Waals surface area contributed by atoms with Crippen LogP contribution < -0.4 is 4.74 Å². The number of aliphatic hydroxyl groups excluding tert-OH is 1. The van der Waals surface area contributed by atoms with E-state index in [1.807, 2.05) is 6.07 Å². The summed E-state index contributed by atoms with van der Waals surface area (Å²) in [4.78, 5) is 0. The van der Waals surface area contributed by atoms with Gasteiger partial charge in [-0.25, -0.2) is 4.39 Å². The van der Waals surface area contributed by atoms with E-state index >= 15 is 0 Å². The Hall–Kier alpha value is -2.08. The number of alkyl halides is 3. The molecule has 0 radical (unpaired) electrons. The van der Waals surface area contributed by atoms with Gasteiger partial charge in [-0.1, -0.05) is 38.5 Å². The number of ether oxygens (including phenoxy) is 1. The van der Waals surface area contributed by atoms with Gasteiger partial charge in [-0.3, -0.25) is 0 Å². The smallest absolute Gasteiger partial charge is 0.406 e. The lowest BCUT2D eigenvalue weighted by atomic mass is 9.75. The summed E-state index contributed by atoms with van der Waals surface area (Å²) in [6, 6.07) is 8.21. The standard InChI is InChI=1S/C21H22F4O2/c1-20(2)9-3-4-18(20)16-10-13(12-26)5-7-15(16)17-11-14(6-8-19(17)22)27-21(23,24)25/h5-8,10-11,18,26H,3-4,9,12H2,1-2H3/t18-/m1/s1. The maximum Gasteiger partial charge on any atom is 0.573 e. The zero-order valence-corrected chi connectivity index (χ0v) is 15.2. The van der Waals surface area contributed by atoms with Gasteiger partial charge in [-0.15, -0.1) is 13.2 Å². The fourth-order valence-corrected chi connectivity index (χ4v) is 4.06. The maximum atomic E-state index is 14.5. The largest absolute Gasteiger partial charge is 0.573 e. The average Bonchev–Trinajstić information content (AvgIpc) is 2.94. The van der Waals surface area contributed by atoms with E-state index in [2.05, 4.69) is 18.6 Å². The zero-order chi connectivity index (χ0) is 19.8. The number of aliphatic hydroxyl groups is 1. The van der Waals surface area contributed by atoms with Crippen molar-refractivity contribution in [3.63, 3.8) is 0 Å². The molecule has 1 aliphatic rings. The first-order chi connectivity index (χ1) is 12.6. The van der Waals surface area contributed by atoms with Gasteiger partial charge < -0.3 is 9.84 Å². The molecule has 1 N–H and O–H groups in total. The molecule has 2 aromatic rings. The van der Waals surface area contributed by atoms with Crippen LogP contribution in [-0.4, -0.2) is 11.5 Å². The molecule has 2 aromatic carbocycles. The van der Waals surface area contributed by atoms with Crippen LogP contribution in [-0.2, 0) is 6.61 Å². The Morgan fingerprint density at radius 1 is 1.11 bits per heavy atom. The molecule has 0 spiro atoms. The first kappa shape index (κ1) is 19.7. The molecule has 0 heterocycles. The Labute approximate surface area is 155 Å². The molecule has 6 heteroatoms. The molecule has 0 unspecified atom stereocenters. The molecule has 146 valence electrons. The molecule has 3 rings (SSSR count). The van der Waals surface area contributed by atoms with Crippen LogP contribution in [0.4, 0.5) is 17.6 Å². The zero-order valence-electron chi connectivity index (χ0n) is 15.2. The summed E-state index contributed by atoms with van der Waals surface area (Å²) >= 11 is 0. The minimum atomic E-state index is -4.84. The van der Waals surface area contributed by atoms with Gasteiger partial charge in [0.05, 0.1) is 6.61 Å². The highest BCUT2D eigenvalue weighted by molar-refractivity contribution is 5.71. The van der Waals surface area contributed by atoms with E-state index in [1.54, 1.807) is 12.1 Å². The fraction of sp³-hybridized carbons (Fsp3) is 0.429. The Kier molecular flexibility index (Phi) is 5.21. The lowest BCUT2D eigenvalue weighted by Crippen LogP contribution is -2.17.